The maximum atomic E-state index is 12.0. The first-order chi connectivity index (χ1) is 10.8. The average molecular weight is 336 g/mol. The van der Waals surface area contributed by atoms with Crippen molar-refractivity contribution in [3.05, 3.63) is 22.7 Å². The highest BCUT2D eigenvalue weighted by molar-refractivity contribution is 7.13. The lowest BCUT2D eigenvalue weighted by Crippen LogP contribution is -2.30. The summed E-state index contributed by atoms with van der Waals surface area (Å²) in [5, 5.41) is 11.3. The Balaban J connectivity index is 1.80. The molecule has 1 aliphatic rings. The monoisotopic (exact) mass is 336 g/mol. The number of aromatic nitrogens is 1. The molecule has 2 heterocycles. The molecule has 126 valence electrons. The molecular formula is C16H24N4O2S. The van der Waals surface area contributed by atoms with E-state index in [1.165, 1.54) is 16.9 Å². The Morgan fingerprint density at radius 2 is 2.17 bits per heavy atom. The summed E-state index contributed by atoms with van der Waals surface area (Å²) in [4.78, 5) is 28.2. The highest BCUT2D eigenvalue weighted by Gasteiger charge is 2.22. The van der Waals surface area contributed by atoms with Crippen LogP contribution in [0, 0.1) is 5.41 Å². The molecule has 0 saturated carbocycles. The van der Waals surface area contributed by atoms with Crippen LogP contribution in [0.5, 0.6) is 0 Å². The van der Waals surface area contributed by atoms with Crippen LogP contribution < -0.4 is 16.0 Å². The molecule has 0 aliphatic carbocycles. The van der Waals surface area contributed by atoms with Gasteiger partial charge in [0.25, 0.3) is 0 Å². The Morgan fingerprint density at radius 1 is 1.39 bits per heavy atom. The molecule has 1 aliphatic heterocycles. The van der Waals surface area contributed by atoms with E-state index < -0.39 is 5.41 Å². The van der Waals surface area contributed by atoms with Gasteiger partial charge in [0.2, 0.25) is 11.8 Å². The van der Waals surface area contributed by atoms with Crippen LogP contribution in [-0.2, 0) is 16.0 Å². The van der Waals surface area contributed by atoms with Crippen LogP contribution in [0.2, 0.25) is 0 Å². The van der Waals surface area contributed by atoms with E-state index in [4.69, 9.17) is 0 Å². The molecule has 2 amide bonds. The van der Waals surface area contributed by atoms with Crippen LogP contribution in [0.1, 0.15) is 32.9 Å². The van der Waals surface area contributed by atoms with Gasteiger partial charge in [0.1, 0.15) is 0 Å². The van der Waals surface area contributed by atoms with E-state index in [0.29, 0.717) is 17.4 Å². The summed E-state index contributed by atoms with van der Waals surface area (Å²) in [6, 6.07) is 0. The van der Waals surface area contributed by atoms with Crippen LogP contribution in [0.4, 0.5) is 5.13 Å². The number of anilines is 1. The van der Waals surface area contributed by atoms with Gasteiger partial charge in [-0.05, 0) is 13.0 Å². The van der Waals surface area contributed by atoms with E-state index in [0.717, 1.165) is 19.5 Å². The molecule has 1 aromatic rings. The highest BCUT2D eigenvalue weighted by Crippen LogP contribution is 2.20. The van der Waals surface area contributed by atoms with E-state index in [1.54, 1.807) is 0 Å². The van der Waals surface area contributed by atoms with Crippen LogP contribution in [0.15, 0.2) is 17.0 Å². The minimum atomic E-state index is -0.466. The Morgan fingerprint density at radius 3 is 2.83 bits per heavy atom. The van der Waals surface area contributed by atoms with Gasteiger partial charge >= 0.3 is 0 Å². The molecule has 2 rings (SSSR count). The molecule has 0 saturated heterocycles. The van der Waals surface area contributed by atoms with Crippen molar-refractivity contribution in [2.24, 2.45) is 5.41 Å². The summed E-state index contributed by atoms with van der Waals surface area (Å²) < 4.78 is 0. The van der Waals surface area contributed by atoms with Crippen molar-refractivity contribution < 1.29 is 9.59 Å². The van der Waals surface area contributed by atoms with Crippen molar-refractivity contribution in [2.75, 3.05) is 25.0 Å². The van der Waals surface area contributed by atoms with E-state index >= 15 is 0 Å². The number of carbonyl (C=O) groups is 2. The maximum Gasteiger partial charge on any atom is 0.231 e. The number of amides is 2. The first-order valence-electron chi connectivity index (χ1n) is 7.76. The van der Waals surface area contributed by atoms with Crippen LogP contribution in [0.3, 0.4) is 0 Å². The smallest absolute Gasteiger partial charge is 0.231 e. The second-order valence-electron chi connectivity index (χ2n) is 6.62. The molecule has 6 nitrogen and oxygen atoms in total. The minimum absolute atomic E-state index is 0.0524. The molecule has 7 heteroatoms. The number of thiazole rings is 1. The van der Waals surface area contributed by atoms with Crippen molar-refractivity contribution >= 4 is 28.3 Å². The van der Waals surface area contributed by atoms with Crippen molar-refractivity contribution in [1.29, 1.82) is 0 Å². The van der Waals surface area contributed by atoms with E-state index in [2.05, 4.69) is 27.0 Å². The van der Waals surface area contributed by atoms with Gasteiger partial charge in [-0.25, -0.2) is 4.98 Å². The predicted octanol–water partition coefficient (Wildman–Crippen LogP) is 1.71. The van der Waals surface area contributed by atoms with Gasteiger partial charge in [-0.1, -0.05) is 32.4 Å². The van der Waals surface area contributed by atoms with Gasteiger partial charge in [0.15, 0.2) is 5.13 Å². The Hall–Kier alpha value is -1.73. The molecule has 23 heavy (non-hydrogen) atoms. The van der Waals surface area contributed by atoms with E-state index in [1.807, 2.05) is 26.2 Å². The van der Waals surface area contributed by atoms with Crippen molar-refractivity contribution in [3.8, 4) is 0 Å². The molecule has 0 unspecified atom stereocenters. The van der Waals surface area contributed by atoms with Crippen molar-refractivity contribution in [1.82, 2.24) is 15.6 Å². The van der Waals surface area contributed by atoms with E-state index in [9.17, 15) is 9.59 Å². The number of nitrogens with one attached hydrogen (secondary N) is 3. The zero-order valence-electron chi connectivity index (χ0n) is 13.9. The largest absolute Gasteiger partial charge is 0.352 e. The van der Waals surface area contributed by atoms with Crippen LogP contribution >= 0.6 is 11.3 Å². The van der Waals surface area contributed by atoms with Crippen molar-refractivity contribution in [2.45, 2.75) is 33.6 Å². The van der Waals surface area contributed by atoms with Gasteiger partial charge in [-0.3, -0.25) is 9.59 Å². The Kier molecular flexibility index (Phi) is 5.90. The lowest BCUT2D eigenvalue weighted by molar-refractivity contribution is -0.123. The molecular weight excluding hydrogens is 312 g/mol. The molecule has 0 aromatic carbocycles. The third kappa shape index (κ3) is 5.76. The molecule has 0 spiro atoms. The third-order valence-corrected chi connectivity index (χ3v) is 4.27. The minimum Gasteiger partial charge on any atom is -0.352 e. The maximum absolute atomic E-state index is 12.0. The van der Waals surface area contributed by atoms with Crippen LogP contribution in [-0.4, -0.2) is 36.4 Å². The average Bonchev–Trinajstić information content (AvgIpc) is 2.92. The van der Waals surface area contributed by atoms with Gasteiger partial charge in [-0.2, -0.15) is 0 Å². The first-order valence-corrected chi connectivity index (χ1v) is 8.64. The second kappa shape index (κ2) is 7.70. The summed E-state index contributed by atoms with van der Waals surface area (Å²) in [5.74, 6) is -0.135. The fraction of sp³-hybridized carbons (Fsp3) is 0.562. The third-order valence-electron chi connectivity index (χ3n) is 3.47. The second-order valence-corrected chi connectivity index (χ2v) is 7.48. The molecule has 0 radical (unpaired) electrons. The molecule has 1 aromatic heterocycles. The summed E-state index contributed by atoms with van der Waals surface area (Å²) in [5.41, 5.74) is 1.47. The number of hydrogen-bond acceptors (Lipinski definition) is 5. The lowest BCUT2D eigenvalue weighted by atomic mass is 9.96. The summed E-state index contributed by atoms with van der Waals surface area (Å²) in [6.45, 7) is 7.97. The zero-order chi connectivity index (χ0) is 16.9. The molecule has 0 atom stereocenters. The number of nitrogens with zero attached hydrogens (tertiary/aromatic N) is 1. The number of rotatable bonds is 5. The molecule has 3 N–H and O–H groups in total. The summed E-state index contributed by atoms with van der Waals surface area (Å²) in [6.07, 6.45) is 3.32. The fourth-order valence-electron chi connectivity index (χ4n) is 2.00. The Bertz CT molecular complexity index is 601. The van der Waals surface area contributed by atoms with Crippen LogP contribution in [0.25, 0.3) is 0 Å². The normalized spacial score (nSPS) is 15.0. The van der Waals surface area contributed by atoms with Gasteiger partial charge < -0.3 is 16.0 Å². The SMILES string of the molecule is CC(C)(C)C(=O)Nc1nc(CC(=O)NCC2=CCNCC2)cs1. The highest BCUT2D eigenvalue weighted by atomic mass is 32.1. The standard InChI is InChI=1S/C16H24N4O2S/c1-16(2,3)14(22)20-15-19-12(10-23-15)8-13(21)18-9-11-4-6-17-7-5-11/h4,10,17H,5-9H2,1-3H3,(H,18,21)(H,19,20,22). The topological polar surface area (TPSA) is 83.1 Å². The van der Waals surface area contributed by atoms with Crippen molar-refractivity contribution in [3.63, 3.8) is 0 Å². The fourth-order valence-corrected chi connectivity index (χ4v) is 2.70. The van der Waals surface area contributed by atoms with Gasteiger partial charge in [-0.15, -0.1) is 11.3 Å². The number of hydrogen-bond donors (Lipinski definition) is 3. The summed E-state index contributed by atoms with van der Waals surface area (Å²) in [7, 11) is 0. The number of carbonyl (C=O) groups excluding carboxylic acids is 2. The van der Waals surface area contributed by atoms with E-state index in [-0.39, 0.29) is 18.2 Å². The molecule has 0 fully saturated rings. The quantitative estimate of drug-likeness (QED) is 0.715. The summed E-state index contributed by atoms with van der Waals surface area (Å²) >= 11 is 1.34. The Labute approximate surface area is 140 Å². The lowest BCUT2D eigenvalue weighted by Gasteiger charge is -2.15. The zero-order valence-corrected chi connectivity index (χ0v) is 14.7. The van der Waals surface area contributed by atoms with Gasteiger partial charge in [0, 0.05) is 23.9 Å². The predicted molar refractivity (Wildman–Crippen MR) is 92.5 cm³/mol. The van der Waals surface area contributed by atoms with Gasteiger partial charge in [0.05, 0.1) is 12.1 Å². The molecule has 0 bridgehead atoms. The first kappa shape index (κ1) is 17.6.